The molecule has 0 unspecified atom stereocenters. The van der Waals surface area contributed by atoms with Gasteiger partial charge in [0.1, 0.15) is 0 Å². The molecule has 5 nitrogen and oxygen atoms in total. The zero-order chi connectivity index (χ0) is 19.0. The molecule has 1 fully saturated rings. The van der Waals surface area contributed by atoms with Crippen LogP contribution >= 0.6 is 0 Å². The average molecular weight is 370 g/mol. The van der Waals surface area contributed by atoms with Crippen molar-refractivity contribution in [3.05, 3.63) is 65.0 Å². The number of methoxy groups -OCH3 is 1. The maximum Gasteiger partial charge on any atom is 0.255 e. The number of aliphatic hydroxyl groups excluding tert-OH is 1. The Morgan fingerprint density at radius 1 is 1.22 bits per heavy atom. The molecule has 3 N–H and O–H groups in total. The van der Waals surface area contributed by atoms with Crippen LogP contribution in [-0.2, 0) is 5.41 Å². The second-order valence-electron chi connectivity index (χ2n) is 7.21. The first-order valence-electron chi connectivity index (χ1n) is 9.20. The Hall–Kier alpha value is -2.44. The van der Waals surface area contributed by atoms with E-state index in [9.17, 15) is 14.3 Å². The number of carbonyl (C=O) groups excluding carboxylic acids is 1. The Balaban J connectivity index is 1.69. The molecule has 1 aliphatic heterocycles. The van der Waals surface area contributed by atoms with Crippen LogP contribution in [0, 0.1) is 5.82 Å². The zero-order valence-electron chi connectivity index (χ0n) is 15.2. The van der Waals surface area contributed by atoms with Gasteiger partial charge in [-0.1, -0.05) is 30.3 Å². The highest BCUT2D eigenvalue weighted by atomic mass is 19.1. The van der Waals surface area contributed by atoms with Gasteiger partial charge < -0.3 is 20.5 Å². The molecule has 0 radical (unpaired) electrons. The second-order valence-corrected chi connectivity index (χ2v) is 7.21. The molecule has 6 heteroatoms. The largest absolute Gasteiger partial charge is 0.493 e. The average Bonchev–Trinajstić information content (AvgIpc) is 2.91. The topological polar surface area (TPSA) is 70.6 Å². The van der Waals surface area contributed by atoms with Gasteiger partial charge in [0.15, 0.2) is 11.6 Å². The maximum absolute atomic E-state index is 14.0. The van der Waals surface area contributed by atoms with Gasteiger partial charge in [-0.2, -0.15) is 0 Å². The molecular formula is C21H23FN2O3. The van der Waals surface area contributed by atoms with E-state index in [1.165, 1.54) is 25.3 Å². The summed E-state index contributed by atoms with van der Waals surface area (Å²) >= 11 is 0. The number of hydrogen-bond acceptors (Lipinski definition) is 4. The SMILES string of the molecule is COc1c(F)cccc1C(=O)N[C@@H]1c2ccccc2C2(CCNCC2)[C@H]1O. The Morgan fingerprint density at radius 2 is 1.96 bits per heavy atom. The first-order chi connectivity index (χ1) is 13.1. The van der Waals surface area contributed by atoms with Crippen molar-refractivity contribution in [1.82, 2.24) is 10.6 Å². The summed E-state index contributed by atoms with van der Waals surface area (Å²) in [5, 5.41) is 17.5. The highest BCUT2D eigenvalue weighted by Crippen LogP contribution is 2.50. The molecule has 4 rings (SSSR count). The molecule has 1 saturated heterocycles. The van der Waals surface area contributed by atoms with E-state index in [1.807, 2.05) is 24.3 Å². The highest BCUT2D eigenvalue weighted by molar-refractivity contribution is 5.97. The van der Waals surface area contributed by atoms with Gasteiger partial charge in [-0.25, -0.2) is 4.39 Å². The van der Waals surface area contributed by atoms with Gasteiger partial charge in [-0.15, -0.1) is 0 Å². The lowest BCUT2D eigenvalue weighted by Gasteiger charge is -2.38. The van der Waals surface area contributed by atoms with E-state index in [1.54, 1.807) is 0 Å². The summed E-state index contributed by atoms with van der Waals surface area (Å²) < 4.78 is 19.0. The molecule has 1 amide bonds. The summed E-state index contributed by atoms with van der Waals surface area (Å²) in [7, 11) is 1.33. The van der Waals surface area contributed by atoms with E-state index in [0.717, 1.165) is 37.1 Å². The van der Waals surface area contributed by atoms with E-state index < -0.39 is 23.9 Å². The van der Waals surface area contributed by atoms with Gasteiger partial charge in [0.25, 0.3) is 5.91 Å². The van der Waals surface area contributed by atoms with E-state index in [0.29, 0.717) is 0 Å². The van der Waals surface area contributed by atoms with Crippen molar-refractivity contribution in [2.75, 3.05) is 20.2 Å². The summed E-state index contributed by atoms with van der Waals surface area (Å²) in [5.74, 6) is -1.14. The van der Waals surface area contributed by atoms with Crippen molar-refractivity contribution in [2.45, 2.75) is 30.4 Å². The number of rotatable bonds is 3. The van der Waals surface area contributed by atoms with Crippen LogP contribution in [0.5, 0.6) is 5.75 Å². The fraction of sp³-hybridized carbons (Fsp3) is 0.381. The lowest BCUT2D eigenvalue weighted by atomic mass is 9.72. The number of para-hydroxylation sites is 1. The van der Waals surface area contributed by atoms with Crippen molar-refractivity contribution in [2.24, 2.45) is 0 Å². The third kappa shape index (κ3) is 2.80. The fourth-order valence-electron chi connectivity index (χ4n) is 4.58. The maximum atomic E-state index is 14.0. The minimum absolute atomic E-state index is 0.0904. The van der Waals surface area contributed by atoms with E-state index in [4.69, 9.17) is 4.74 Å². The molecule has 27 heavy (non-hydrogen) atoms. The second kappa shape index (κ2) is 6.94. The van der Waals surface area contributed by atoms with E-state index in [-0.39, 0.29) is 16.7 Å². The number of halogens is 1. The molecule has 2 aromatic rings. The Kier molecular flexibility index (Phi) is 4.61. The van der Waals surface area contributed by atoms with Crippen LogP contribution in [0.3, 0.4) is 0 Å². The number of carbonyl (C=O) groups is 1. The van der Waals surface area contributed by atoms with Crippen LogP contribution < -0.4 is 15.4 Å². The van der Waals surface area contributed by atoms with Crippen LogP contribution in [0.15, 0.2) is 42.5 Å². The highest BCUT2D eigenvalue weighted by Gasteiger charge is 2.52. The van der Waals surface area contributed by atoms with Crippen molar-refractivity contribution in [3.63, 3.8) is 0 Å². The summed E-state index contributed by atoms with van der Waals surface area (Å²) in [6.07, 6.45) is 0.877. The van der Waals surface area contributed by atoms with Crippen molar-refractivity contribution < 1.29 is 19.0 Å². The monoisotopic (exact) mass is 370 g/mol. The van der Waals surface area contributed by atoms with Gasteiger partial charge in [-0.3, -0.25) is 4.79 Å². The number of ether oxygens (including phenoxy) is 1. The zero-order valence-corrected chi connectivity index (χ0v) is 15.2. The number of amides is 1. The molecule has 1 heterocycles. The predicted octanol–water partition coefficient (Wildman–Crippen LogP) is 2.30. The summed E-state index contributed by atoms with van der Waals surface area (Å²) in [4.78, 5) is 12.9. The first kappa shape index (κ1) is 17.9. The first-order valence-corrected chi connectivity index (χ1v) is 9.20. The van der Waals surface area contributed by atoms with Crippen LogP contribution in [0.4, 0.5) is 4.39 Å². The van der Waals surface area contributed by atoms with Crippen LogP contribution in [0.1, 0.15) is 40.4 Å². The Labute approximate surface area is 157 Å². The molecule has 142 valence electrons. The number of aliphatic hydroxyl groups is 1. The molecule has 2 aliphatic rings. The number of hydrogen-bond donors (Lipinski definition) is 3. The predicted molar refractivity (Wildman–Crippen MR) is 99.4 cm³/mol. The molecule has 0 aromatic heterocycles. The number of piperidine rings is 1. The lowest BCUT2D eigenvalue weighted by Crippen LogP contribution is -2.48. The van der Waals surface area contributed by atoms with E-state index >= 15 is 0 Å². The van der Waals surface area contributed by atoms with E-state index in [2.05, 4.69) is 10.6 Å². The minimum Gasteiger partial charge on any atom is -0.493 e. The molecule has 0 saturated carbocycles. The standard InChI is InChI=1S/C21H23FN2O3/c1-27-18-14(6-4-8-16(18)22)20(26)24-17-13-5-2-3-7-15(13)21(19(17)25)9-11-23-12-10-21/h2-8,17,19,23,25H,9-12H2,1H3,(H,24,26)/t17-,19+/m1/s1. The van der Waals surface area contributed by atoms with Gasteiger partial charge in [0.05, 0.1) is 24.8 Å². The van der Waals surface area contributed by atoms with Gasteiger partial charge in [-0.05, 0) is 49.2 Å². The Bertz CT molecular complexity index is 864. The van der Waals surface area contributed by atoms with Gasteiger partial charge >= 0.3 is 0 Å². The molecule has 2 atom stereocenters. The van der Waals surface area contributed by atoms with Crippen molar-refractivity contribution >= 4 is 5.91 Å². The molecule has 1 aliphatic carbocycles. The van der Waals surface area contributed by atoms with Crippen molar-refractivity contribution in [1.29, 1.82) is 0 Å². The summed E-state index contributed by atoms with van der Waals surface area (Å²) in [6, 6.07) is 11.6. The quantitative estimate of drug-likeness (QED) is 0.775. The normalized spacial score (nSPS) is 23.1. The molecule has 0 bridgehead atoms. The fourth-order valence-corrected chi connectivity index (χ4v) is 4.58. The lowest BCUT2D eigenvalue weighted by molar-refractivity contribution is 0.0417. The van der Waals surface area contributed by atoms with Crippen molar-refractivity contribution in [3.8, 4) is 5.75 Å². The third-order valence-electron chi connectivity index (χ3n) is 5.91. The van der Waals surface area contributed by atoms with Crippen LogP contribution in [0.25, 0.3) is 0 Å². The molecule has 2 aromatic carbocycles. The smallest absolute Gasteiger partial charge is 0.255 e. The summed E-state index contributed by atoms with van der Waals surface area (Å²) in [5.41, 5.74) is 1.77. The number of nitrogens with one attached hydrogen (secondary N) is 2. The van der Waals surface area contributed by atoms with Crippen LogP contribution in [-0.4, -0.2) is 37.3 Å². The molecule has 1 spiro atoms. The van der Waals surface area contributed by atoms with Gasteiger partial charge in [0, 0.05) is 5.41 Å². The summed E-state index contributed by atoms with van der Waals surface area (Å²) in [6.45, 7) is 1.65. The number of fused-ring (bicyclic) bond motifs is 2. The molecular weight excluding hydrogens is 347 g/mol. The third-order valence-corrected chi connectivity index (χ3v) is 5.91. The van der Waals surface area contributed by atoms with Crippen LogP contribution in [0.2, 0.25) is 0 Å². The Morgan fingerprint density at radius 3 is 2.70 bits per heavy atom. The van der Waals surface area contributed by atoms with Gasteiger partial charge in [0.2, 0.25) is 0 Å². The minimum atomic E-state index is -0.736. The number of benzene rings is 2.